The van der Waals surface area contributed by atoms with Crippen LogP contribution in [0.1, 0.15) is 24.0 Å². The minimum absolute atomic E-state index is 0.0240. The minimum Gasteiger partial charge on any atom is -0.381 e. The minimum atomic E-state index is -0.445. The zero-order chi connectivity index (χ0) is 14.7. The Kier molecular flexibility index (Phi) is 4.54. The van der Waals surface area contributed by atoms with Crippen LogP contribution in [0.5, 0.6) is 0 Å². The molecule has 0 aliphatic carbocycles. The first-order valence-corrected chi connectivity index (χ1v) is 7.52. The molecule has 1 N–H and O–H groups in total. The summed E-state index contributed by atoms with van der Waals surface area (Å²) in [4.78, 5) is 0. The molecule has 116 valence electrons. The van der Waals surface area contributed by atoms with Gasteiger partial charge in [0.25, 0.3) is 0 Å². The summed E-state index contributed by atoms with van der Waals surface area (Å²) < 4.78 is 30.8. The van der Waals surface area contributed by atoms with Crippen molar-refractivity contribution in [3.63, 3.8) is 0 Å². The Hall–Kier alpha value is -1.01. The molecule has 2 aliphatic heterocycles. The number of hydrogen-bond acceptors (Lipinski definition) is 4. The second-order valence-corrected chi connectivity index (χ2v) is 5.80. The van der Waals surface area contributed by atoms with Crippen LogP contribution in [0.4, 0.5) is 4.39 Å². The second kappa shape index (κ2) is 6.40. The molecule has 2 saturated heterocycles. The van der Waals surface area contributed by atoms with E-state index in [1.807, 2.05) is 13.0 Å². The number of halogens is 1. The van der Waals surface area contributed by atoms with Gasteiger partial charge in [0.15, 0.2) is 5.79 Å². The van der Waals surface area contributed by atoms with Crippen LogP contribution in [0.2, 0.25) is 0 Å². The molecule has 3 rings (SSSR count). The van der Waals surface area contributed by atoms with E-state index in [1.165, 1.54) is 6.07 Å². The SMILES string of the molecule is Cc1ccc(F)c(CNCC2COC3(CCOCC3)O2)c1. The summed E-state index contributed by atoms with van der Waals surface area (Å²) in [5.74, 6) is -0.614. The number of ether oxygens (including phenoxy) is 3. The highest BCUT2D eigenvalue weighted by molar-refractivity contribution is 5.23. The van der Waals surface area contributed by atoms with E-state index in [2.05, 4.69) is 5.32 Å². The quantitative estimate of drug-likeness (QED) is 0.924. The van der Waals surface area contributed by atoms with Gasteiger partial charge in [-0.1, -0.05) is 17.7 Å². The van der Waals surface area contributed by atoms with Crippen molar-refractivity contribution in [1.29, 1.82) is 0 Å². The number of hydrogen-bond donors (Lipinski definition) is 1. The van der Waals surface area contributed by atoms with E-state index in [9.17, 15) is 4.39 Å². The predicted molar refractivity (Wildman–Crippen MR) is 76.5 cm³/mol. The van der Waals surface area contributed by atoms with Gasteiger partial charge in [-0.05, 0) is 13.0 Å². The average Bonchev–Trinajstić information content (AvgIpc) is 2.86. The zero-order valence-electron chi connectivity index (χ0n) is 12.4. The summed E-state index contributed by atoms with van der Waals surface area (Å²) in [5, 5.41) is 3.26. The Morgan fingerprint density at radius 1 is 1.33 bits per heavy atom. The van der Waals surface area contributed by atoms with E-state index < -0.39 is 5.79 Å². The molecule has 1 unspecified atom stereocenters. The van der Waals surface area contributed by atoms with Crippen molar-refractivity contribution < 1.29 is 18.6 Å². The summed E-state index contributed by atoms with van der Waals surface area (Å²) in [6.07, 6.45) is 1.60. The first-order chi connectivity index (χ1) is 10.2. The lowest BCUT2D eigenvalue weighted by Gasteiger charge is -2.31. The third-order valence-corrected chi connectivity index (χ3v) is 4.06. The molecule has 5 heteroatoms. The molecule has 1 aromatic carbocycles. The Morgan fingerprint density at radius 3 is 2.95 bits per heavy atom. The van der Waals surface area contributed by atoms with Crippen LogP contribution < -0.4 is 5.32 Å². The van der Waals surface area contributed by atoms with Crippen molar-refractivity contribution in [3.05, 3.63) is 35.1 Å². The molecular formula is C16H22FNO3. The zero-order valence-corrected chi connectivity index (χ0v) is 12.4. The van der Waals surface area contributed by atoms with Gasteiger partial charge in [0, 0.05) is 31.5 Å². The molecule has 0 amide bonds. The van der Waals surface area contributed by atoms with Crippen LogP contribution in [0.15, 0.2) is 18.2 Å². The van der Waals surface area contributed by atoms with Crippen molar-refractivity contribution in [3.8, 4) is 0 Å². The lowest BCUT2D eigenvalue weighted by atomic mass is 10.1. The average molecular weight is 295 g/mol. The highest BCUT2D eigenvalue weighted by Crippen LogP contribution is 2.32. The summed E-state index contributed by atoms with van der Waals surface area (Å²) in [5.41, 5.74) is 1.75. The summed E-state index contributed by atoms with van der Waals surface area (Å²) in [6.45, 7) is 5.10. The fraction of sp³-hybridized carbons (Fsp3) is 0.625. The van der Waals surface area contributed by atoms with Crippen molar-refractivity contribution >= 4 is 0 Å². The standard InChI is InChI=1S/C16H22FNO3/c1-12-2-3-15(17)13(8-12)9-18-10-14-11-20-16(21-14)4-6-19-7-5-16/h2-3,8,14,18H,4-7,9-11H2,1H3. The predicted octanol–water partition coefficient (Wildman–Crippen LogP) is 2.15. The lowest BCUT2D eigenvalue weighted by Crippen LogP contribution is -2.39. The molecule has 1 atom stereocenters. The molecule has 0 bridgehead atoms. The van der Waals surface area contributed by atoms with Crippen molar-refractivity contribution in [2.75, 3.05) is 26.4 Å². The molecule has 2 aliphatic rings. The Labute approximate surface area is 124 Å². The Balaban J connectivity index is 1.47. The normalized spacial score (nSPS) is 24.6. The van der Waals surface area contributed by atoms with Gasteiger partial charge >= 0.3 is 0 Å². The van der Waals surface area contributed by atoms with Gasteiger partial charge in [-0.15, -0.1) is 0 Å². The first-order valence-electron chi connectivity index (χ1n) is 7.52. The number of aryl methyl sites for hydroxylation is 1. The van der Waals surface area contributed by atoms with Crippen LogP contribution in [0.3, 0.4) is 0 Å². The van der Waals surface area contributed by atoms with E-state index in [-0.39, 0.29) is 11.9 Å². The maximum Gasteiger partial charge on any atom is 0.173 e. The Morgan fingerprint density at radius 2 is 2.14 bits per heavy atom. The molecule has 0 radical (unpaired) electrons. The van der Waals surface area contributed by atoms with Crippen molar-refractivity contribution in [2.24, 2.45) is 0 Å². The van der Waals surface area contributed by atoms with Gasteiger partial charge in [0.1, 0.15) is 5.82 Å². The highest BCUT2D eigenvalue weighted by Gasteiger charge is 2.42. The maximum atomic E-state index is 13.6. The van der Waals surface area contributed by atoms with E-state index in [4.69, 9.17) is 14.2 Å². The molecule has 2 fully saturated rings. The van der Waals surface area contributed by atoms with Gasteiger partial charge in [-0.2, -0.15) is 0 Å². The van der Waals surface area contributed by atoms with Gasteiger partial charge in [0.2, 0.25) is 0 Å². The fourth-order valence-corrected chi connectivity index (χ4v) is 2.87. The number of benzene rings is 1. The lowest BCUT2D eigenvalue weighted by molar-refractivity contribution is -0.210. The summed E-state index contributed by atoms with van der Waals surface area (Å²) in [6, 6.07) is 5.16. The smallest absolute Gasteiger partial charge is 0.173 e. The van der Waals surface area contributed by atoms with Gasteiger partial charge < -0.3 is 19.5 Å². The molecular weight excluding hydrogens is 273 g/mol. The topological polar surface area (TPSA) is 39.7 Å². The van der Waals surface area contributed by atoms with Crippen molar-refractivity contribution in [2.45, 2.75) is 38.2 Å². The summed E-state index contributed by atoms with van der Waals surface area (Å²) in [7, 11) is 0. The van der Waals surface area contributed by atoms with E-state index >= 15 is 0 Å². The Bertz CT molecular complexity index is 488. The summed E-state index contributed by atoms with van der Waals surface area (Å²) >= 11 is 0. The second-order valence-electron chi connectivity index (χ2n) is 5.80. The van der Waals surface area contributed by atoms with E-state index in [0.29, 0.717) is 38.5 Å². The molecule has 4 nitrogen and oxygen atoms in total. The van der Waals surface area contributed by atoms with Gasteiger partial charge in [0.05, 0.1) is 25.9 Å². The molecule has 0 aromatic heterocycles. The van der Waals surface area contributed by atoms with E-state index in [0.717, 1.165) is 18.4 Å². The molecule has 1 spiro atoms. The largest absolute Gasteiger partial charge is 0.381 e. The first kappa shape index (κ1) is 14.9. The fourth-order valence-electron chi connectivity index (χ4n) is 2.87. The third-order valence-electron chi connectivity index (χ3n) is 4.06. The van der Waals surface area contributed by atoms with Crippen LogP contribution >= 0.6 is 0 Å². The number of nitrogens with one attached hydrogen (secondary N) is 1. The highest BCUT2D eigenvalue weighted by atomic mass is 19.1. The third kappa shape index (κ3) is 3.61. The maximum absolute atomic E-state index is 13.6. The van der Waals surface area contributed by atoms with E-state index in [1.54, 1.807) is 6.07 Å². The van der Waals surface area contributed by atoms with Crippen LogP contribution in [0, 0.1) is 12.7 Å². The molecule has 1 aromatic rings. The van der Waals surface area contributed by atoms with Crippen LogP contribution in [-0.4, -0.2) is 38.3 Å². The molecule has 21 heavy (non-hydrogen) atoms. The van der Waals surface area contributed by atoms with Crippen LogP contribution in [0.25, 0.3) is 0 Å². The van der Waals surface area contributed by atoms with Crippen molar-refractivity contribution in [1.82, 2.24) is 5.32 Å². The van der Waals surface area contributed by atoms with Crippen LogP contribution in [-0.2, 0) is 20.8 Å². The molecule has 0 saturated carbocycles. The monoisotopic (exact) mass is 295 g/mol. The number of rotatable bonds is 4. The van der Waals surface area contributed by atoms with Gasteiger partial charge in [-0.3, -0.25) is 0 Å². The van der Waals surface area contributed by atoms with Gasteiger partial charge in [-0.25, -0.2) is 4.39 Å². The molecule has 2 heterocycles.